The molecule has 1 fully saturated rings. The molecule has 2 aromatic rings. The number of rotatable bonds is 6. The molecular formula is C14H19N5O5. The zero-order valence-corrected chi connectivity index (χ0v) is 13.0. The number of fused-ring (bicyclic) bond motifs is 1. The molecule has 1 saturated heterocycles. The molecule has 3 rings (SSSR count). The SMILES string of the molecule is NCCCOC(=O)OC[C@@H]1CC[C@H](n2cnc3c(=O)[nH]cnc32)O1. The number of imidazole rings is 1. The Balaban J connectivity index is 1.54. The minimum absolute atomic E-state index is 0.110. The van der Waals surface area contributed by atoms with E-state index in [-0.39, 0.29) is 36.6 Å². The molecule has 0 amide bonds. The van der Waals surface area contributed by atoms with Gasteiger partial charge in [0.05, 0.1) is 25.4 Å². The van der Waals surface area contributed by atoms with Crippen molar-refractivity contribution >= 4 is 17.3 Å². The van der Waals surface area contributed by atoms with Crippen LogP contribution in [0.2, 0.25) is 0 Å². The van der Waals surface area contributed by atoms with E-state index >= 15 is 0 Å². The largest absolute Gasteiger partial charge is 0.508 e. The van der Waals surface area contributed by atoms with Gasteiger partial charge in [-0.2, -0.15) is 0 Å². The monoisotopic (exact) mass is 337 g/mol. The molecule has 0 aliphatic carbocycles. The van der Waals surface area contributed by atoms with Crippen LogP contribution in [0.1, 0.15) is 25.5 Å². The van der Waals surface area contributed by atoms with Crippen LogP contribution in [-0.4, -0.2) is 51.5 Å². The predicted molar refractivity (Wildman–Crippen MR) is 82.3 cm³/mol. The van der Waals surface area contributed by atoms with Gasteiger partial charge in [0.1, 0.15) is 12.8 Å². The lowest BCUT2D eigenvalue weighted by atomic mass is 10.2. The van der Waals surface area contributed by atoms with Gasteiger partial charge < -0.3 is 24.9 Å². The second kappa shape index (κ2) is 7.41. The number of aromatic nitrogens is 4. The average molecular weight is 337 g/mol. The molecule has 0 saturated carbocycles. The van der Waals surface area contributed by atoms with Crippen molar-refractivity contribution in [2.24, 2.45) is 5.73 Å². The lowest BCUT2D eigenvalue weighted by Gasteiger charge is -2.15. The summed E-state index contributed by atoms with van der Waals surface area (Å²) in [5.41, 5.74) is 5.75. The van der Waals surface area contributed by atoms with E-state index in [1.54, 1.807) is 4.57 Å². The summed E-state index contributed by atoms with van der Waals surface area (Å²) in [7, 11) is 0. The molecule has 0 unspecified atom stereocenters. The molecule has 0 aromatic carbocycles. The Morgan fingerprint density at radius 1 is 1.42 bits per heavy atom. The highest BCUT2D eigenvalue weighted by Gasteiger charge is 2.29. The lowest BCUT2D eigenvalue weighted by Crippen LogP contribution is -2.20. The maximum atomic E-state index is 11.7. The molecule has 130 valence electrons. The fourth-order valence-corrected chi connectivity index (χ4v) is 2.53. The molecule has 0 radical (unpaired) electrons. The Hall–Kier alpha value is -2.46. The Morgan fingerprint density at radius 3 is 3.12 bits per heavy atom. The van der Waals surface area contributed by atoms with Crippen molar-refractivity contribution in [2.45, 2.75) is 31.6 Å². The van der Waals surface area contributed by atoms with Crippen molar-refractivity contribution in [2.75, 3.05) is 19.8 Å². The number of nitrogens with one attached hydrogen (secondary N) is 1. The Bertz CT molecular complexity index is 757. The van der Waals surface area contributed by atoms with Crippen molar-refractivity contribution in [3.05, 3.63) is 23.0 Å². The second-order valence-corrected chi connectivity index (χ2v) is 5.40. The topological polar surface area (TPSA) is 134 Å². The number of ether oxygens (including phenoxy) is 3. The summed E-state index contributed by atoms with van der Waals surface area (Å²) in [6.07, 6.45) is 3.61. The van der Waals surface area contributed by atoms with E-state index in [0.29, 0.717) is 31.5 Å². The first-order valence-electron chi connectivity index (χ1n) is 7.74. The number of aromatic amines is 1. The van der Waals surface area contributed by atoms with Gasteiger partial charge in [-0.25, -0.2) is 14.8 Å². The minimum Gasteiger partial charge on any atom is -0.434 e. The number of hydrogen-bond acceptors (Lipinski definition) is 8. The number of H-pyrrole nitrogens is 1. The summed E-state index contributed by atoms with van der Waals surface area (Å²) in [4.78, 5) is 33.7. The zero-order valence-electron chi connectivity index (χ0n) is 13.0. The normalized spacial score (nSPS) is 20.4. The van der Waals surface area contributed by atoms with Gasteiger partial charge in [-0.1, -0.05) is 0 Å². The molecule has 0 spiro atoms. The van der Waals surface area contributed by atoms with E-state index in [1.807, 2.05) is 0 Å². The quantitative estimate of drug-likeness (QED) is 0.567. The van der Waals surface area contributed by atoms with Crippen LogP contribution in [0.15, 0.2) is 17.4 Å². The van der Waals surface area contributed by atoms with Gasteiger partial charge in [-0.15, -0.1) is 0 Å². The predicted octanol–water partition coefficient (Wildman–Crippen LogP) is 0.299. The molecule has 10 heteroatoms. The maximum Gasteiger partial charge on any atom is 0.508 e. The van der Waals surface area contributed by atoms with Crippen LogP contribution in [0.4, 0.5) is 4.79 Å². The standard InChI is InChI=1S/C14H19N5O5/c15-4-1-5-22-14(21)23-6-9-2-3-10(24-9)19-8-18-11-12(19)16-7-17-13(11)20/h7-10H,1-6,15H2,(H,16,17,20)/t9-,10+/m0/s1. The molecule has 1 aliphatic heterocycles. The van der Waals surface area contributed by atoms with E-state index in [2.05, 4.69) is 15.0 Å². The van der Waals surface area contributed by atoms with E-state index in [0.717, 1.165) is 0 Å². The summed E-state index contributed by atoms with van der Waals surface area (Å²) < 4.78 is 17.4. The maximum absolute atomic E-state index is 11.7. The Labute approximate surface area is 136 Å². The smallest absolute Gasteiger partial charge is 0.434 e. The van der Waals surface area contributed by atoms with Crippen molar-refractivity contribution in [3.8, 4) is 0 Å². The second-order valence-electron chi connectivity index (χ2n) is 5.40. The molecule has 2 aromatic heterocycles. The molecule has 24 heavy (non-hydrogen) atoms. The van der Waals surface area contributed by atoms with Gasteiger partial charge in [-0.3, -0.25) is 9.36 Å². The molecule has 3 heterocycles. The molecular weight excluding hydrogens is 318 g/mol. The zero-order chi connectivity index (χ0) is 16.9. The van der Waals surface area contributed by atoms with Gasteiger partial charge in [0.15, 0.2) is 11.2 Å². The lowest BCUT2D eigenvalue weighted by molar-refractivity contribution is -0.0370. The number of hydrogen-bond donors (Lipinski definition) is 2. The van der Waals surface area contributed by atoms with Crippen LogP contribution in [0.5, 0.6) is 0 Å². The van der Waals surface area contributed by atoms with Gasteiger partial charge >= 0.3 is 6.16 Å². The molecule has 2 atom stereocenters. The first-order chi connectivity index (χ1) is 11.7. The van der Waals surface area contributed by atoms with Crippen LogP contribution >= 0.6 is 0 Å². The van der Waals surface area contributed by atoms with E-state index in [4.69, 9.17) is 19.9 Å². The third kappa shape index (κ3) is 3.54. The van der Waals surface area contributed by atoms with Gasteiger partial charge in [-0.05, 0) is 25.8 Å². The van der Waals surface area contributed by atoms with Crippen molar-refractivity contribution in [3.63, 3.8) is 0 Å². The van der Waals surface area contributed by atoms with Crippen LogP contribution in [-0.2, 0) is 14.2 Å². The first kappa shape index (κ1) is 16.4. The number of carbonyl (C=O) groups is 1. The summed E-state index contributed by atoms with van der Waals surface area (Å²) in [5.74, 6) is 0. The molecule has 3 N–H and O–H groups in total. The van der Waals surface area contributed by atoms with Gasteiger partial charge in [0.25, 0.3) is 5.56 Å². The fourth-order valence-electron chi connectivity index (χ4n) is 2.53. The third-order valence-corrected chi connectivity index (χ3v) is 3.72. The van der Waals surface area contributed by atoms with Crippen LogP contribution in [0.25, 0.3) is 11.2 Å². The minimum atomic E-state index is -0.725. The number of nitrogens with zero attached hydrogens (tertiary/aromatic N) is 3. The Kier molecular flexibility index (Phi) is 5.06. The van der Waals surface area contributed by atoms with E-state index in [9.17, 15) is 9.59 Å². The highest BCUT2D eigenvalue weighted by Crippen LogP contribution is 2.29. The average Bonchev–Trinajstić information content (AvgIpc) is 3.20. The highest BCUT2D eigenvalue weighted by molar-refractivity contribution is 5.68. The molecule has 10 nitrogen and oxygen atoms in total. The molecule has 1 aliphatic rings. The van der Waals surface area contributed by atoms with Crippen LogP contribution in [0.3, 0.4) is 0 Å². The van der Waals surface area contributed by atoms with Gasteiger partial charge in [0.2, 0.25) is 0 Å². The van der Waals surface area contributed by atoms with E-state index < -0.39 is 6.16 Å². The summed E-state index contributed by atoms with van der Waals surface area (Å²) >= 11 is 0. The summed E-state index contributed by atoms with van der Waals surface area (Å²) in [6.45, 7) is 0.805. The fraction of sp³-hybridized carbons (Fsp3) is 0.571. The van der Waals surface area contributed by atoms with Crippen LogP contribution < -0.4 is 11.3 Å². The van der Waals surface area contributed by atoms with Gasteiger partial charge in [0, 0.05) is 0 Å². The number of nitrogens with two attached hydrogens (primary N) is 1. The van der Waals surface area contributed by atoms with E-state index in [1.165, 1.54) is 12.7 Å². The first-order valence-corrected chi connectivity index (χ1v) is 7.74. The van der Waals surface area contributed by atoms with Crippen LogP contribution in [0, 0.1) is 0 Å². The molecule has 0 bridgehead atoms. The van der Waals surface area contributed by atoms with Crippen molar-refractivity contribution < 1.29 is 19.0 Å². The third-order valence-electron chi connectivity index (χ3n) is 3.72. The summed E-state index contributed by atoms with van der Waals surface area (Å²) in [5, 5.41) is 0. The number of carbonyl (C=O) groups excluding carboxylic acids is 1. The van der Waals surface area contributed by atoms with Crippen molar-refractivity contribution in [1.82, 2.24) is 19.5 Å². The summed E-state index contributed by atoms with van der Waals surface area (Å²) in [6, 6.07) is 0. The highest BCUT2D eigenvalue weighted by atomic mass is 16.7. The Morgan fingerprint density at radius 2 is 2.29 bits per heavy atom. The van der Waals surface area contributed by atoms with Crippen molar-refractivity contribution in [1.29, 1.82) is 0 Å².